The Morgan fingerprint density at radius 3 is 2.83 bits per heavy atom. The van der Waals surface area contributed by atoms with E-state index in [2.05, 4.69) is 9.97 Å². The number of nitrogens with zero attached hydrogens (tertiary/aromatic N) is 2. The van der Waals surface area contributed by atoms with E-state index in [1.165, 1.54) is 12.4 Å². The minimum Gasteiger partial charge on any atom is -0.299 e. The van der Waals surface area contributed by atoms with E-state index in [0.29, 0.717) is 0 Å². The molecule has 0 atom stereocenters. The van der Waals surface area contributed by atoms with Crippen molar-refractivity contribution in [3.05, 3.63) is 42.5 Å². The molecule has 0 bridgehead atoms. The highest BCUT2D eigenvalue weighted by Crippen LogP contribution is 1.93. The molecule has 0 aromatic carbocycles. The molecule has 0 N–H and O–H groups in total. The van der Waals surface area contributed by atoms with Crippen molar-refractivity contribution in [3.8, 4) is 0 Å². The van der Waals surface area contributed by atoms with Crippen LogP contribution in [0.4, 0.5) is 0 Å². The number of rotatable bonds is 3. The van der Waals surface area contributed by atoms with Crippen LogP contribution in [0.5, 0.6) is 0 Å². The third kappa shape index (κ3) is 2.88. The van der Waals surface area contributed by atoms with E-state index in [1.807, 2.05) is 0 Å². The number of allylic oxidation sites excluding steroid dienone is 3. The van der Waals surface area contributed by atoms with Gasteiger partial charge in [-0.2, -0.15) is 0 Å². The number of hydrogen-bond donors (Lipinski definition) is 0. The van der Waals surface area contributed by atoms with Gasteiger partial charge in [0.1, 0.15) is 12.6 Å². The van der Waals surface area contributed by atoms with Gasteiger partial charge in [0, 0.05) is 6.20 Å². The first-order valence-corrected chi connectivity index (χ1v) is 3.48. The van der Waals surface area contributed by atoms with Gasteiger partial charge in [-0.25, -0.2) is 9.97 Å². The maximum absolute atomic E-state index is 9.87. The lowest BCUT2D eigenvalue weighted by molar-refractivity contribution is -0.104. The summed E-state index contributed by atoms with van der Waals surface area (Å²) in [6.07, 6.45) is 10.5. The fraction of sp³-hybridized carbons (Fsp3) is 0. The number of carbonyl (C=O) groups is 1. The molecule has 1 heterocycles. The average molecular weight is 160 g/mol. The third-order valence-electron chi connectivity index (χ3n) is 1.17. The van der Waals surface area contributed by atoms with Crippen LogP contribution in [0, 0.1) is 0 Å². The highest BCUT2D eigenvalue weighted by molar-refractivity contribution is 5.66. The monoisotopic (exact) mass is 160 g/mol. The summed E-state index contributed by atoms with van der Waals surface area (Å²) in [5.41, 5.74) is 0.820. The van der Waals surface area contributed by atoms with Gasteiger partial charge in [-0.1, -0.05) is 12.2 Å². The van der Waals surface area contributed by atoms with Gasteiger partial charge in [0.15, 0.2) is 0 Å². The Bertz CT molecular complexity index is 291. The van der Waals surface area contributed by atoms with Crippen LogP contribution in [-0.4, -0.2) is 16.3 Å². The normalized spacial score (nSPS) is 11.0. The lowest BCUT2D eigenvalue weighted by atomic mass is 10.3. The number of aromatic nitrogens is 2. The number of carbonyl (C=O) groups excluding carboxylic acids is 1. The Morgan fingerprint density at radius 1 is 1.25 bits per heavy atom. The van der Waals surface area contributed by atoms with Crippen molar-refractivity contribution >= 4 is 12.4 Å². The Labute approximate surface area is 70.5 Å². The van der Waals surface area contributed by atoms with Crippen molar-refractivity contribution < 1.29 is 4.79 Å². The highest BCUT2D eigenvalue weighted by atomic mass is 16.1. The molecule has 0 aliphatic heterocycles. The first-order valence-electron chi connectivity index (χ1n) is 3.48. The molecular weight excluding hydrogens is 152 g/mol. The molecule has 1 aromatic rings. The molecule has 0 radical (unpaired) electrons. The van der Waals surface area contributed by atoms with E-state index >= 15 is 0 Å². The second-order valence-corrected chi connectivity index (χ2v) is 2.01. The summed E-state index contributed by atoms with van der Waals surface area (Å²) in [5, 5.41) is 0. The van der Waals surface area contributed by atoms with Gasteiger partial charge >= 0.3 is 0 Å². The minimum atomic E-state index is 0.727. The van der Waals surface area contributed by atoms with Gasteiger partial charge in [0.2, 0.25) is 0 Å². The van der Waals surface area contributed by atoms with Crippen LogP contribution in [0.3, 0.4) is 0 Å². The molecule has 60 valence electrons. The first-order chi connectivity index (χ1) is 5.93. The summed E-state index contributed by atoms with van der Waals surface area (Å²) in [7, 11) is 0. The van der Waals surface area contributed by atoms with Crippen molar-refractivity contribution in [1.29, 1.82) is 0 Å². The molecule has 0 unspecified atom stereocenters. The zero-order valence-electron chi connectivity index (χ0n) is 6.42. The van der Waals surface area contributed by atoms with E-state index in [0.717, 1.165) is 12.0 Å². The summed E-state index contributed by atoms with van der Waals surface area (Å²) in [4.78, 5) is 17.6. The van der Waals surface area contributed by atoms with Gasteiger partial charge in [0.25, 0.3) is 0 Å². The van der Waals surface area contributed by atoms with E-state index in [-0.39, 0.29) is 0 Å². The topological polar surface area (TPSA) is 42.9 Å². The van der Waals surface area contributed by atoms with Gasteiger partial charge in [-0.3, -0.25) is 4.79 Å². The Balaban J connectivity index is 2.58. The number of hydrogen-bond acceptors (Lipinski definition) is 3. The van der Waals surface area contributed by atoms with Crippen LogP contribution in [0.15, 0.2) is 36.8 Å². The fourth-order valence-corrected chi connectivity index (χ4v) is 0.663. The van der Waals surface area contributed by atoms with E-state index in [4.69, 9.17) is 0 Å². The molecular formula is C9H8N2O. The Morgan fingerprint density at radius 2 is 2.17 bits per heavy atom. The maximum atomic E-state index is 9.87. The highest BCUT2D eigenvalue weighted by Gasteiger charge is 1.81. The zero-order valence-corrected chi connectivity index (χ0v) is 6.42. The quantitative estimate of drug-likeness (QED) is 0.379. The van der Waals surface area contributed by atoms with Gasteiger partial charge < -0.3 is 0 Å². The number of aldehydes is 1. The maximum Gasteiger partial charge on any atom is 0.142 e. The molecule has 1 rings (SSSR count). The van der Waals surface area contributed by atoms with E-state index < -0.39 is 0 Å². The van der Waals surface area contributed by atoms with Gasteiger partial charge in [0.05, 0.1) is 5.69 Å². The molecule has 1 aromatic heterocycles. The van der Waals surface area contributed by atoms with Crippen LogP contribution in [-0.2, 0) is 4.79 Å². The standard InChI is InChI=1S/C9H8N2O/c12-7-3-1-2-4-9-5-6-10-8-11-9/h1-8H. The average Bonchev–Trinajstić information content (AvgIpc) is 2.14. The predicted molar refractivity (Wildman–Crippen MR) is 46.3 cm³/mol. The molecule has 0 aliphatic rings. The smallest absolute Gasteiger partial charge is 0.142 e. The second kappa shape index (κ2) is 4.96. The van der Waals surface area contributed by atoms with Gasteiger partial charge in [-0.15, -0.1) is 0 Å². The fourth-order valence-electron chi connectivity index (χ4n) is 0.663. The predicted octanol–water partition coefficient (Wildman–Crippen LogP) is 1.24. The van der Waals surface area contributed by atoms with E-state index in [9.17, 15) is 4.79 Å². The van der Waals surface area contributed by atoms with Crippen molar-refractivity contribution in [1.82, 2.24) is 9.97 Å². The largest absolute Gasteiger partial charge is 0.299 e. The van der Waals surface area contributed by atoms with E-state index in [1.54, 1.807) is 30.5 Å². The lowest BCUT2D eigenvalue weighted by Crippen LogP contribution is -1.78. The van der Waals surface area contributed by atoms with Gasteiger partial charge in [-0.05, 0) is 18.2 Å². The SMILES string of the molecule is O=CC=CC=Cc1ccncn1. The second-order valence-electron chi connectivity index (χ2n) is 2.01. The van der Waals surface area contributed by atoms with Crippen LogP contribution < -0.4 is 0 Å². The first kappa shape index (κ1) is 8.33. The van der Waals surface area contributed by atoms with Crippen molar-refractivity contribution in [2.45, 2.75) is 0 Å². The Hall–Kier alpha value is -1.77. The summed E-state index contributed by atoms with van der Waals surface area (Å²) < 4.78 is 0. The molecule has 0 saturated heterocycles. The molecule has 0 saturated carbocycles. The Kier molecular flexibility index (Phi) is 3.44. The molecule has 0 spiro atoms. The summed E-state index contributed by atoms with van der Waals surface area (Å²) >= 11 is 0. The molecule has 0 fully saturated rings. The van der Waals surface area contributed by atoms with Crippen LogP contribution in [0.1, 0.15) is 5.69 Å². The summed E-state index contributed by atoms with van der Waals surface area (Å²) in [5.74, 6) is 0. The summed E-state index contributed by atoms with van der Waals surface area (Å²) in [6, 6.07) is 1.78. The van der Waals surface area contributed by atoms with Crippen LogP contribution in [0.2, 0.25) is 0 Å². The van der Waals surface area contributed by atoms with Crippen molar-refractivity contribution in [2.75, 3.05) is 0 Å². The zero-order chi connectivity index (χ0) is 8.65. The molecule has 3 nitrogen and oxygen atoms in total. The van der Waals surface area contributed by atoms with Crippen molar-refractivity contribution in [2.24, 2.45) is 0 Å². The van der Waals surface area contributed by atoms with Crippen molar-refractivity contribution in [3.63, 3.8) is 0 Å². The minimum absolute atomic E-state index is 0.727. The third-order valence-corrected chi connectivity index (χ3v) is 1.17. The molecule has 0 amide bonds. The van der Waals surface area contributed by atoms with Crippen LogP contribution in [0.25, 0.3) is 6.08 Å². The van der Waals surface area contributed by atoms with Crippen LogP contribution >= 0.6 is 0 Å². The molecule has 3 heteroatoms. The molecule has 0 aliphatic carbocycles. The molecule has 12 heavy (non-hydrogen) atoms. The summed E-state index contributed by atoms with van der Waals surface area (Å²) in [6.45, 7) is 0. The lowest BCUT2D eigenvalue weighted by Gasteiger charge is -1.86.